The van der Waals surface area contributed by atoms with E-state index < -0.39 is 34.0 Å². The van der Waals surface area contributed by atoms with E-state index >= 15 is 0 Å². The third kappa shape index (κ3) is 12.9. The number of esters is 2. The number of nitrogens with two attached hydrogens (primary N) is 1. The zero-order valence-corrected chi connectivity index (χ0v) is 22.2. The topological polar surface area (TPSA) is 113 Å². The predicted molar refractivity (Wildman–Crippen MR) is 136 cm³/mol. The molecule has 1 aliphatic rings. The number of cyclic esters (lactones) is 1. The number of hydrogen-bond acceptors (Lipinski definition) is 6. The molecule has 0 spiro atoms. The molecule has 1 saturated heterocycles. The van der Waals surface area contributed by atoms with Crippen LogP contribution in [0.25, 0.3) is 0 Å². The fourth-order valence-corrected chi connectivity index (χ4v) is 5.51. The van der Waals surface area contributed by atoms with Gasteiger partial charge in [-0.15, -0.1) is 0 Å². The van der Waals surface area contributed by atoms with Crippen molar-refractivity contribution in [2.24, 2.45) is 11.7 Å². The second-order valence-corrected chi connectivity index (χ2v) is 11.1. The number of carbonyl (C=O) groups excluding carboxylic acids is 3. The fraction of sp³-hybridized carbons (Fsp3) is 0.885. The lowest BCUT2D eigenvalue weighted by Gasteiger charge is -2.34. The molecule has 34 heavy (non-hydrogen) atoms. The molecular weight excluding hydrogens is 454 g/mol. The van der Waals surface area contributed by atoms with Gasteiger partial charge in [-0.3, -0.25) is 18.6 Å². The summed E-state index contributed by atoms with van der Waals surface area (Å²) >= 11 is 0. The number of rotatable bonds is 22. The van der Waals surface area contributed by atoms with E-state index in [-0.39, 0.29) is 24.2 Å². The summed E-state index contributed by atoms with van der Waals surface area (Å²) in [5, 5.41) is -0.875. The minimum atomic E-state index is -1.71. The highest BCUT2D eigenvalue weighted by Crippen LogP contribution is 2.28. The molecule has 1 amide bonds. The van der Waals surface area contributed by atoms with Crippen LogP contribution in [-0.4, -0.2) is 45.8 Å². The van der Waals surface area contributed by atoms with Crippen LogP contribution < -0.4 is 5.73 Å². The first-order valence-electron chi connectivity index (χ1n) is 13.4. The van der Waals surface area contributed by atoms with Crippen molar-refractivity contribution in [1.82, 2.24) is 0 Å². The summed E-state index contributed by atoms with van der Waals surface area (Å²) in [5.41, 5.74) is 5.20. The molecule has 1 aliphatic heterocycles. The molecule has 7 nitrogen and oxygen atoms in total. The van der Waals surface area contributed by atoms with E-state index in [9.17, 15) is 18.6 Å². The molecular formula is C26H47NO6S. The number of amides is 1. The van der Waals surface area contributed by atoms with Crippen molar-refractivity contribution in [3.63, 3.8) is 0 Å². The van der Waals surface area contributed by atoms with E-state index in [1.54, 1.807) is 0 Å². The molecule has 2 N–H and O–H groups in total. The van der Waals surface area contributed by atoms with Gasteiger partial charge in [-0.25, -0.2) is 0 Å². The van der Waals surface area contributed by atoms with Crippen LogP contribution in [0.1, 0.15) is 117 Å². The van der Waals surface area contributed by atoms with Gasteiger partial charge in [0.2, 0.25) is 5.91 Å². The van der Waals surface area contributed by atoms with Crippen molar-refractivity contribution < 1.29 is 28.1 Å². The Morgan fingerprint density at radius 1 is 0.912 bits per heavy atom. The lowest BCUT2D eigenvalue weighted by Crippen LogP contribution is -2.48. The maximum absolute atomic E-state index is 12.7. The second kappa shape index (κ2) is 18.8. The van der Waals surface area contributed by atoms with Gasteiger partial charge in [-0.1, -0.05) is 104 Å². The highest BCUT2D eigenvalue weighted by Gasteiger charge is 2.43. The minimum Gasteiger partial charge on any atom is -0.461 e. The lowest BCUT2D eigenvalue weighted by molar-refractivity contribution is -0.194. The highest BCUT2D eigenvalue weighted by atomic mass is 32.2. The fourth-order valence-electron chi connectivity index (χ4n) is 4.31. The Bertz CT molecular complexity index is 626. The Labute approximate surface area is 208 Å². The molecule has 1 unspecified atom stereocenters. The van der Waals surface area contributed by atoms with Gasteiger partial charge in [0.1, 0.15) is 23.7 Å². The van der Waals surface area contributed by atoms with Gasteiger partial charge >= 0.3 is 11.9 Å². The summed E-state index contributed by atoms with van der Waals surface area (Å²) in [4.78, 5) is 35.7. The van der Waals surface area contributed by atoms with Crippen molar-refractivity contribution in [3.8, 4) is 0 Å². The first-order valence-corrected chi connectivity index (χ1v) is 14.8. The molecule has 1 fully saturated rings. The van der Waals surface area contributed by atoms with Crippen molar-refractivity contribution in [3.05, 3.63) is 0 Å². The van der Waals surface area contributed by atoms with Crippen molar-refractivity contribution in [2.75, 3.05) is 12.4 Å². The summed E-state index contributed by atoms with van der Waals surface area (Å²) < 4.78 is 23.1. The molecule has 0 radical (unpaired) electrons. The maximum Gasteiger partial charge on any atom is 0.321 e. The minimum absolute atomic E-state index is 0.0225. The molecule has 0 aromatic carbocycles. The van der Waals surface area contributed by atoms with Gasteiger partial charge < -0.3 is 15.2 Å². The Kier molecular flexibility index (Phi) is 16.9. The van der Waals surface area contributed by atoms with Crippen LogP contribution in [0.3, 0.4) is 0 Å². The molecule has 1 rings (SSSR count). The Hall–Kier alpha value is -1.44. The van der Waals surface area contributed by atoms with E-state index in [4.69, 9.17) is 15.2 Å². The largest absolute Gasteiger partial charge is 0.461 e. The standard InChI is InChI=1S/C26H47NO6S/c1-3-5-7-9-10-11-12-13-14-16-18-23(34(31)20-24(27)28)26(30)32-19-22-21(25(29)33-22)17-15-8-6-4-2/h21-23H,3-20H2,1-2H3,(H2,27,28)/t21-,22+,23-,34?/m0/s1. The normalized spacial score (nSPS) is 19.2. The zero-order chi connectivity index (χ0) is 25.2. The Morgan fingerprint density at radius 2 is 1.44 bits per heavy atom. The Morgan fingerprint density at radius 3 is 1.97 bits per heavy atom. The van der Waals surface area contributed by atoms with E-state index in [1.165, 1.54) is 38.5 Å². The van der Waals surface area contributed by atoms with Gasteiger partial charge in [0.15, 0.2) is 0 Å². The van der Waals surface area contributed by atoms with Crippen LogP contribution in [0.15, 0.2) is 0 Å². The van der Waals surface area contributed by atoms with Gasteiger partial charge in [0.05, 0.1) is 5.92 Å². The third-order valence-corrected chi connectivity index (χ3v) is 8.09. The van der Waals surface area contributed by atoms with E-state index in [2.05, 4.69) is 13.8 Å². The molecule has 1 heterocycles. The molecule has 4 atom stereocenters. The van der Waals surface area contributed by atoms with E-state index in [0.29, 0.717) is 6.42 Å². The van der Waals surface area contributed by atoms with Crippen LogP contribution >= 0.6 is 0 Å². The molecule has 0 saturated carbocycles. The van der Waals surface area contributed by atoms with E-state index in [0.717, 1.165) is 57.8 Å². The summed E-state index contributed by atoms with van der Waals surface area (Å²) in [6.45, 7) is 4.33. The van der Waals surface area contributed by atoms with Gasteiger partial charge in [0.25, 0.3) is 0 Å². The van der Waals surface area contributed by atoms with Crippen LogP contribution in [0.4, 0.5) is 0 Å². The Balaban J connectivity index is 2.38. The third-order valence-electron chi connectivity index (χ3n) is 6.46. The summed E-state index contributed by atoms with van der Waals surface area (Å²) in [7, 11) is -1.71. The molecule has 198 valence electrons. The number of carbonyl (C=O) groups is 3. The first-order chi connectivity index (χ1) is 16.4. The first kappa shape index (κ1) is 30.6. The monoisotopic (exact) mass is 501 g/mol. The van der Waals surface area contributed by atoms with Gasteiger partial charge in [-0.05, 0) is 12.8 Å². The molecule has 0 aromatic heterocycles. The number of ether oxygens (including phenoxy) is 2. The summed E-state index contributed by atoms with van der Waals surface area (Å²) in [6, 6.07) is 0. The van der Waals surface area contributed by atoms with Crippen LogP contribution in [-0.2, 0) is 34.7 Å². The average molecular weight is 502 g/mol. The van der Waals surface area contributed by atoms with Crippen LogP contribution in [0.2, 0.25) is 0 Å². The summed E-state index contributed by atoms with van der Waals surface area (Å²) in [5.74, 6) is -2.11. The molecule has 0 bridgehead atoms. The zero-order valence-electron chi connectivity index (χ0n) is 21.4. The van der Waals surface area contributed by atoms with Crippen molar-refractivity contribution in [1.29, 1.82) is 0 Å². The van der Waals surface area contributed by atoms with E-state index in [1.807, 2.05) is 0 Å². The molecule has 0 aromatic rings. The van der Waals surface area contributed by atoms with Crippen LogP contribution in [0.5, 0.6) is 0 Å². The summed E-state index contributed by atoms with van der Waals surface area (Å²) in [6.07, 6.45) is 16.6. The average Bonchev–Trinajstić information content (AvgIpc) is 2.79. The van der Waals surface area contributed by atoms with Gasteiger partial charge in [-0.2, -0.15) is 0 Å². The SMILES string of the molecule is CCCCCCCCCCCC[C@@H](C(=O)OC[C@H]1OC(=O)[C@H]1CCCCCC)S(=O)CC(N)=O. The lowest BCUT2D eigenvalue weighted by atomic mass is 9.91. The highest BCUT2D eigenvalue weighted by molar-refractivity contribution is 7.87. The smallest absolute Gasteiger partial charge is 0.321 e. The van der Waals surface area contributed by atoms with Crippen molar-refractivity contribution >= 4 is 28.6 Å². The maximum atomic E-state index is 12.7. The number of unbranched alkanes of at least 4 members (excludes halogenated alkanes) is 12. The predicted octanol–water partition coefficient (Wildman–Crippen LogP) is 4.96. The number of hydrogen-bond donors (Lipinski definition) is 1. The van der Waals surface area contributed by atoms with Crippen LogP contribution in [0, 0.1) is 5.92 Å². The molecule has 8 heteroatoms. The van der Waals surface area contributed by atoms with Gasteiger partial charge in [0, 0.05) is 10.8 Å². The van der Waals surface area contributed by atoms with Crippen molar-refractivity contribution in [2.45, 2.75) is 128 Å². The molecule has 0 aliphatic carbocycles. The quantitative estimate of drug-likeness (QED) is 0.166. The number of primary amides is 1. The second-order valence-electron chi connectivity index (χ2n) is 9.51.